The fourth-order valence-corrected chi connectivity index (χ4v) is 2.23. The number of benzene rings is 1. The third-order valence-corrected chi connectivity index (χ3v) is 3.09. The van der Waals surface area contributed by atoms with E-state index >= 15 is 0 Å². The van der Waals surface area contributed by atoms with Crippen LogP contribution in [0.1, 0.15) is 23.2 Å². The summed E-state index contributed by atoms with van der Waals surface area (Å²) < 4.78 is 0. The number of aldehydes is 1. The van der Waals surface area contributed by atoms with Crippen LogP contribution >= 0.6 is 11.6 Å². The summed E-state index contributed by atoms with van der Waals surface area (Å²) in [4.78, 5) is 12.9. The summed E-state index contributed by atoms with van der Waals surface area (Å²) in [6, 6.07) is 5.20. The van der Waals surface area contributed by atoms with Crippen LogP contribution in [0.3, 0.4) is 0 Å². The predicted molar refractivity (Wildman–Crippen MR) is 64.3 cm³/mol. The van der Waals surface area contributed by atoms with Gasteiger partial charge in [-0.05, 0) is 31.0 Å². The third kappa shape index (κ3) is 2.36. The van der Waals surface area contributed by atoms with Crippen LogP contribution in [-0.4, -0.2) is 30.6 Å². The number of hydrogen-bond donors (Lipinski definition) is 1. The zero-order valence-electron chi connectivity index (χ0n) is 8.90. The highest BCUT2D eigenvalue weighted by Gasteiger charge is 2.20. The standard InChI is InChI=1S/C12H14ClNO2/c13-10-4-3-9(8-15)12(6-10)14-5-1-2-11(16)7-14/h3-4,6,8,11,16H,1-2,5,7H2. The summed E-state index contributed by atoms with van der Waals surface area (Å²) in [5.74, 6) is 0. The van der Waals surface area contributed by atoms with Crippen LogP contribution in [0.2, 0.25) is 5.02 Å². The second-order valence-electron chi connectivity index (χ2n) is 4.06. The van der Waals surface area contributed by atoms with Gasteiger partial charge in [0, 0.05) is 29.4 Å². The minimum absolute atomic E-state index is 0.313. The fraction of sp³-hybridized carbons (Fsp3) is 0.417. The molecule has 0 radical (unpaired) electrons. The van der Waals surface area contributed by atoms with E-state index in [1.165, 1.54) is 0 Å². The number of piperidine rings is 1. The molecule has 2 rings (SSSR count). The Morgan fingerprint density at radius 2 is 2.31 bits per heavy atom. The van der Waals surface area contributed by atoms with Crippen LogP contribution in [0.4, 0.5) is 5.69 Å². The highest BCUT2D eigenvalue weighted by Crippen LogP contribution is 2.26. The average Bonchev–Trinajstić information content (AvgIpc) is 2.29. The lowest BCUT2D eigenvalue weighted by atomic mass is 10.1. The van der Waals surface area contributed by atoms with Gasteiger partial charge in [-0.1, -0.05) is 11.6 Å². The highest BCUT2D eigenvalue weighted by atomic mass is 35.5. The second kappa shape index (κ2) is 4.85. The molecule has 1 saturated heterocycles. The Balaban J connectivity index is 2.30. The maximum atomic E-state index is 10.9. The van der Waals surface area contributed by atoms with Crippen molar-refractivity contribution in [2.24, 2.45) is 0 Å². The molecule has 3 nitrogen and oxygen atoms in total. The van der Waals surface area contributed by atoms with Crippen molar-refractivity contribution in [1.82, 2.24) is 0 Å². The first-order chi connectivity index (χ1) is 7.70. The van der Waals surface area contributed by atoms with E-state index in [9.17, 15) is 9.90 Å². The molecule has 0 saturated carbocycles. The Morgan fingerprint density at radius 3 is 3.00 bits per heavy atom. The van der Waals surface area contributed by atoms with E-state index < -0.39 is 0 Å². The summed E-state index contributed by atoms with van der Waals surface area (Å²) in [5, 5.41) is 10.2. The van der Waals surface area contributed by atoms with Gasteiger partial charge in [-0.15, -0.1) is 0 Å². The van der Waals surface area contributed by atoms with Gasteiger partial charge in [0.2, 0.25) is 0 Å². The minimum Gasteiger partial charge on any atom is -0.391 e. The maximum absolute atomic E-state index is 10.9. The minimum atomic E-state index is -0.313. The van der Waals surface area contributed by atoms with E-state index in [-0.39, 0.29) is 6.10 Å². The Bertz CT molecular complexity index is 395. The number of aliphatic hydroxyl groups is 1. The molecule has 4 heteroatoms. The van der Waals surface area contributed by atoms with Crippen molar-refractivity contribution in [3.8, 4) is 0 Å². The number of rotatable bonds is 2. The van der Waals surface area contributed by atoms with E-state index in [4.69, 9.17) is 11.6 Å². The lowest BCUT2D eigenvalue weighted by Crippen LogP contribution is -2.38. The van der Waals surface area contributed by atoms with E-state index in [1.54, 1.807) is 18.2 Å². The molecule has 1 aliphatic heterocycles. The van der Waals surface area contributed by atoms with Crippen molar-refractivity contribution in [3.63, 3.8) is 0 Å². The monoisotopic (exact) mass is 239 g/mol. The molecular formula is C12H14ClNO2. The number of carbonyl (C=O) groups is 1. The largest absolute Gasteiger partial charge is 0.391 e. The Labute approximate surface area is 99.6 Å². The van der Waals surface area contributed by atoms with Crippen molar-refractivity contribution in [2.45, 2.75) is 18.9 Å². The molecule has 86 valence electrons. The number of aliphatic hydroxyl groups excluding tert-OH is 1. The van der Waals surface area contributed by atoms with Gasteiger partial charge in [0.05, 0.1) is 6.10 Å². The molecule has 0 aliphatic carbocycles. The van der Waals surface area contributed by atoms with Crippen molar-refractivity contribution >= 4 is 23.6 Å². The molecule has 1 unspecified atom stereocenters. The fourth-order valence-electron chi connectivity index (χ4n) is 2.06. The van der Waals surface area contributed by atoms with Gasteiger partial charge >= 0.3 is 0 Å². The summed E-state index contributed by atoms with van der Waals surface area (Å²) in [5.41, 5.74) is 1.44. The SMILES string of the molecule is O=Cc1ccc(Cl)cc1N1CCCC(O)C1. The van der Waals surface area contributed by atoms with Crippen molar-refractivity contribution in [1.29, 1.82) is 0 Å². The van der Waals surface area contributed by atoms with Crippen molar-refractivity contribution < 1.29 is 9.90 Å². The van der Waals surface area contributed by atoms with Gasteiger partial charge in [-0.3, -0.25) is 4.79 Å². The van der Waals surface area contributed by atoms with Gasteiger partial charge in [-0.2, -0.15) is 0 Å². The maximum Gasteiger partial charge on any atom is 0.152 e. The van der Waals surface area contributed by atoms with Gasteiger partial charge < -0.3 is 10.0 Å². The molecule has 0 aromatic heterocycles. The molecule has 0 bridgehead atoms. The van der Waals surface area contributed by atoms with E-state index in [2.05, 4.69) is 0 Å². The molecule has 1 aliphatic rings. The molecule has 16 heavy (non-hydrogen) atoms. The molecule has 1 heterocycles. The number of halogens is 1. The van der Waals surface area contributed by atoms with E-state index in [0.717, 1.165) is 31.4 Å². The summed E-state index contributed by atoms with van der Waals surface area (Å²) in [6.07, 6.45) is 2.28. The zero-order chi connectivity index (χ0) is 11.5. The zero-order valence-corrected chi connectivity index (χ0v) is 9.65. The van der Waals surface area contributed by atoms with E-state index in [0.29, 0.717) is 17.1 Å². The van der Waals surface area contributed by atoms with Gasteiger partial charge in [-0.25, -0.2) is 0 Å². The number of nitrogens with zero attached hydrogens (tertiary/aromatic N) is 1. The first kappa shape index (κ1) is 11.4. The molecule has 1 aromatic rings. The van der Waals surface area contributed by atoms with Crippen LogP contribution in [0, 0.1) is 0 Å². The van der Waals surface area contributed by atoms with Gasteiger partial charge in [0.25, 0.3) is 0 Å². The van der Waals surface area contributed by atoms with Crippen LogP contribution in [0.5, 0.6) is 0 Å². The number of anilines is 1. The Kier molecular flexibility index (Phi) is 3.46. The average molecular weight is 240 g/mol. The first-order valence-corrected chi connectivity index (χ1v) is 5.76. The van der Waals surface area contributed by atoms with Gasteiger partial charge in [0.1, 0.15) is 0 Å². The second-order valence-corrected chi connectivity index (χ2v) is 4.50. The third-order valence-electron chi connectivity index (χ3n) is 2.86. The number of β-amino-alcohol motifs (C(OH)–C–C–N with tert-alkyl or cyclic N) is 1. The molecule has 1 atom stereocenters. The topological polar surface area (TPSA) is 40.5 Å². The Morgan fingerprint density at radius 1 is 1.50 bits per heavy atom. The molecule has 1 fully saturated rings. The lowest BCUT2D eigenvalue weighted by molar-refractivity contribution is 0.112. The molecule has 1 N–H and O–H groups in total. The van der Waals surface area contributed by atoms with Crippen LogP contribution in [0.25, 0.3) is 0 Å². The van der Waals surface area contributed by atoms with Crippen LogP contribution in [-0.2, 0) is 0 Å². The smallest absolute Gasteiger partial charge is 0.152 e. The molecule has 1 aromatic carbocycles. The summed E-state index contributed by atoms with van der Waals surface area (Å²) >= 11 is 5.92. The first-order valence-electron chi connectivity index (χ1n) is 5.38. The predicted octanol–water partition coefficient (Wildman–Crippen LogP) is 2.11. The molecule has 0 spiro atoms. The van der Waals surface area contributed by atoms with Gasteiger partial charge in [0.15, 0.2) is 6.29 Å². The quantitative estimate of drug-likeness (QED) is 0.804. The van der Waals surface area contributed by atoms with Crippen molar-refractivity contribution in [2.75, 3.05) is 18.0 Å². The molecular weight excluding hydrogens is 226 g/mol. The number of carbonyl (C=O) groups excluding carboxylic acids is 1. The summed E-state index contributed by atoms with van der Waals surface area (Å²) in [7, 11) is 0. The van der Waals surface area contributed by atoms with Crippen molar-refractivity contribution in [3.05, 3.63) is 28.8 Å². The number of hydrogen-bond acceptors (Lipinski definition) is 3. The van der Waals surface area contributed by atoms with Crippen LogP contribution < -0.4 is 4.90 Å². The van der Waals surface area contributed by atoms with E-state index in [1.807, 2.05) is 4.90 Å². The normalized spacial score (nSPS) is 20.9. The van der Waals surface area contributed by atoms with Crippen LogP contribution in [0.15, 0.2) is 18.2 Å². The lowest BCUT2D eigenvalue weighted by Gasteiger charge is -2.32. The summed E-state index contributed by atoms with van der Waals surface area (Å²) in [6.45, 7) is 1.43. The Hall–Kier alpha value is -1.06. The highest BCUT2D eigenvalue weighted by molar-refractivity contribution is 6.31. The molecule has 0 amide bonds.